The highest BCUT2D eigenvalue weighted by molar-refractivity contribution is 7.93. The van der Waals surface area contributed by atoms with E-state index in [4.69, 9.17) is 9.47 Å². The smallest absolute Gasteiger partial charge is 0.262 e. The van der Waals surface area contributed by atoms with Crippen molar-refractivity contribution in [2.75, 3.05) is 35.5 Å². The fourth-order valence-corrected chi connectivity index (χ4v) is 5.51. The Kier molecular flexibility index (Phi) is 5.39. The van der Waals surface area contributed by atoms with Crippen LogP contribution in [0.3, 0.4) is 0 Å². The van der Waals surface area contributed by atoms with Gasteiger partial charge in [-0.15, -0.1) is 0 Å². The molecule has 1 N–H and O–H groups in total. The molecule has 2 aromatic rings. The molecule has 28 heavy (non-hydrogen) atoms. The Morgan fingerprint density at radius 2 is 1.75 bits per heavy atom. The number of rotatable bonds is 6. The first-order valence-electron chi connectivity index (χ1n) is 8.23. The molecule has 1 fully saturated rings. The quantitative estimate of drug-likeness (QED) is 0.754. The number of hydrogen-bond donors (Lipinski definition) is 1. The third-order valence-corrected chi connectivity index (χ3v) is 7.48. The summed E-state index contributed by atoms with van der Waals surface area (Å²) >= 11 is 0. The SMILES string of the molecule is COc1ccc(S(=O)(=O)Nc2cc(N3CCCS3(=O)=O)ccc2OC)cc1F. The summed E-state index contributed by atoms with van der Waals surface area (Å²) in [6.45, 7) is 0.310. The fourth-order valence-electron chi connectivity index (χ4n) is 2.88. The number of methoxy groups -OCH3 is 2. The van der Waals surface area contributed by atoms with Gasteiger partial charge in [0.25, 0.3) is 10.0 Å². The van der Waals surface area contributed by atoms with Crippen LogP contribution < -0.4 is 18.5 Å². The Hall–Kier alpha value is -2.53. The topological polar surface area (TPSA) is 102 Å². The van der Waals surface area contributed by atoms with Crippen LogP contribution >= 0.6 is 0 Å². The fraction of sp³-hybridized carbons (Fsp3) is 0.294. The van der Waals surface area contributed by atoms with Gasteiger partial charge in [0.1, 0.15) is 5.75 Å². The third-order valence-electron chi connectivity index (χ3n) is 4.25. The first kappa shape index (κ1) is 20.2. The highest BCUT2D eigenvalue weighted by Crippen LogP contribution is 2.34. The Balaban J connectivity index is 1.98. The second-order valence-electron chi connectivity index (χ2n) is 6.03. The van der Waals surface area contributed by atoms with Crippen molar-refractivity contribution in [2.24, 2.45) is 0 Å². The molecule has 152 valence electrons. The van der Waals surface area contributed by atoms with E-state index in [1.165, 1.54) is 48.9 Å². The summed E-state index contributed by atoms with van der Waals surface area (Å²) in [7, 11) is -4.96. The number of sulfonamides is 2. The Morgan fingerprint density at radius 1 is 1.07 bits per heavy atom. The Labute approximate surface area is 163 Å². The van der Waals surface area contributed by atoms with Crippen LogP contribution in [0.25, 0.3) is 0 Å². The number of anilines is 2. The van der Waals surface area contributed by atoms with Crippen molar-refractivity contribution in [1.82, 2.24) is 0 Å². The van der Waals surface area contributed by atoms with Crippen molar-refractivity contribution >= 4 is 31.4 Å². The average Bonchev–Trinajstić information content (AvgIpc) is 3.00. The van der Waals surface area contributed by atoms with Crippen molar-refractivity contribution < 1.29 is 30.7 Å². The lowest BCUT2D eigenvalue weighted by atomic mass is 10.2. The second-order valence-corrected chi connectivity index (χ2v) is 9.72. The lowest BCUT2D eigenvalue weighted by molar-refractivity contribution is 0.385. The molecule has 0 atom stereocenters. The molecule has 1 heterocycles. The van der Waals surface area contributed by atoms with Gasteiger partial charge in [-0.05, 0) is 42.8 Å². The molecule has 0 aromatic heterocycles. The summed E-state index contributed by atoms with van der Waals surface area (Å²) in [5.74, 6) is -0.685. The van der Waals surface area contributed by atoms with E-state index >= 15 is 0 Å². The summed E-state index contributed by atoms with van der Waals surface area (Å²) in [4.78, 5) is -0.313. The van der Waals surface area contributed by atoms with Crippen molar-refractivity contribution in [3.05, 3.63) is 42.2 Å². The predicted molar refractivity (Wildman–Crippen MR) is 103 cm³/mol. The highest BCUT2D eigenvalue weighted by atomic mass is 32.2. The van der Waals surface area contributed by atoms with Crippen molar-refractivity contribution in [2.45, 2.75) is 11.3 Å². The zero-order valence-corrected chi connectivity index (χ0v) is 16.8. The van der Waals surface area contributed by atoms with Crippen LogP contribution in [0.2, 0.25) is 0 Å². The number of benzene rings is 2. The van der Waals surface area contributed by atoms with Crippen molar-refractivity contribution in [3.8, 4) is 11.5 Å². The van der Waals surface area contributed by atoms with Crippen LogP contribution in [0.15, 0.2) is 41.3 Å². The van der Waals surface area contributed by atoms with E-state index in [2.05, 4.69) is 4.72 Å². The number of nitrogens with zero attached hydrogens (tertiary/aromatic N) is 1. The molecule has 8 nitrogen and oxygen atoms in total. The first-order valence-corrected chi connectivity index (χ1v) is 11.3. The predicted octanol–water partition coefficient (Wildman–Crippen LogP) is 2.18. The van der Waals surface area contributed by atoms with Crippen LogP contribution in [0.4, 0.5) is 15.8 Å². The van der Waals surface area contributed by atoms with E-state index in [-0.39, 0.29) is 27.8 Å². The maximum Gasteiger partial charge on any atom is 0.262 e. The van der Waals surface area contributed by atoms with Gasteiger partial charge in [-0.1, -0.05) is 0 Å². The zero-order chi connectivity index (χ0) is 20.5. The maximum absolute atomic E-state index is 13.9. The summed E-state index contributed by atoms with van der Waals surface area (Å²) < 4.78 is 77.0. The van der Waals surface area contributed by atoms with Gasteiger partial charge in [0.05, 0.1) is 36.2 Å². The van der Waals surface area contributed by atoms with Crippen LogP contribution in [-0.2, 0) is 20.0 Å². The van der Waals surface area contributed by atoms with Gasteiger partial charge in [-0.3, -0.25) is 9.03 Å². The van der Waals surface area contributed by atoms with Gasteiger partial charge >= 0.3 is 0 Å². The molecule has 1 aliphatic rings. The summed E-state index contributed by atoms with van der Waals surface area (Å²) in [5, 5.41) is 0. The Morgan fingerprint density at radius 3 is 2.32 bits per heavy atom. The molecular formula is C17H19FN2O6S2. The first-order chi connectivity index (χ1) is 13.2. The van der Waals surface area contributed by atoms with Gasteiger partial charge < -0.3 is 9.47 Å². The third kappa shape index (κ3) is 3.85. The molecule has 0 amide bonds. The lowest BCUT2D eigenvalue weighted by Gasteiger charge is -2.19. The molecule has 0 aliphatic carbocycles. The van der Waals surface area contributed by atoms with E-state index < -0.39 is 25.9 Å². The largest absolute Gasteiger partial charge is 0.495 e. The number of ether oxygens (including phenoxy) is 2. The minimum atomic E-state index is -4.16. The minimum Gasteiger partial charge on any atom is -0.495 e. The van der Waals surface area contributed by atoms with E-state index in [9.17, 15) is 21.2 Å². The zero-order valence-electron chi connectivity index (χ0n) is 15.2. The van der Waals surface area contributed by atoms with Crippen LogP contribution in [0, 0.1) is 5.82 Å². The van der Waals surface area contributed by atoms with E-state index in [1.807, 2.05) is 0 Å². The van der Waals surface area contributed by atoms with Gasteiger partial charge in [-0.25, -0.2) is 21.2 Å². The molecule has 11 heteroatoms. The van der Waals surface area contributed by atoms with Gasteiger partial charge in [0, 0.05) is 6.54 Å². The lowest BCUT2D eigenvalue weighted by Crippen LogP contribution is -2.25. The minimum absolute atomic E-state index is 0.0330. The number of halogens is 1. The van der Waals surface area contributed by atoms with Crippen LogP contribution in [0.5, 0.6) is 11.5 Å². The second kappa shape index (κ2) is 7.47. The van der Waals surface area contributed by atoms with E-state index in [0.717, 1.165) is 6.07 Å². The maximum atomic E-state index is 13.9. The summed E-state index contributed by atoms with van der Waals surface area (Å²) in [6.07, 6.45) is 0.487. The molecule has 0 radical (unpaired) electrons. The van der Waals surface area contributed by atoms with E-state index in [1.54, 1.807) is 0 Å². The standard InChI is InChI=1S/C17H19FN2O6S2/c1-25-16-7-5-13(11-14(16)18)28(23,24)19-15-10-12(4-6-17(15)26-2)20-8-3-9-27(20,21)22/h4-7,10-11,19H,3,8-9H2,1-2H3. The van der Waals surface area contributed by atoms with Crippen molar-refractivity contribution in [1.29, 1.82) is 0 Å². The number of hydrogen-bond acceptors (Lipinski definition) is 6. The Bertz CT molecular complexity index is 1100. The van der Waals surface area contributed by atoms with Crippen LogP contribution in [-0.4, -0.2) is 43.4 Å². The molecule has 0 saturated carbocycles. The van der Waals surface area contributed by atoms with Crippen LogP contribution in [0.1, 0.15) is 6.42 Å². The molecule has 0 spiro atoms. The molecule has 1 saturated heterocycles. The molecule has 1 aliphatic heterocycles. The average molecular weight is 430 g/mol. The van der Waals surface area contributed by atoms with Gasteiger partial charge in [0.15, 0.2) is 11.6 Å². The normalized spacial score (nSPS) is 16.0. The molecule has 2 aromatic carbocycles. The molecular weight excluding hydrogens is 411 g/mol. The number of nitrogens with one attached hydrogen (secondary N) is 1. The monoisotopic (exact) mass is 430 g/mol. The van der Waals surface area contributed by atoms with Gasteiger partial charge in [-0.2, -0.15) is 0 Å². The van der Waals surface area contributed by atoms with Crippen molar-refractivity contribution in [3.63, 3.8) is 0 Å². The van der Waals surface area contributed by atoms with Gasteiger partial charge in [0.2, 0.25) is 10.0 Å². The highest BCUT2D eigenvalue weighted by Gasteiger charge is 2.29. The molecule has 0 bridgehead atoms. The molecule has 3 rings (SSSR count). The summed E-state index contributed by atoms with van der Waals surface area (Å²) in [6, 6.07) is 7.61. The van der Waals surface area contributed by atoms with E-state index in [0.29, 0.717) is 18.7 Å². The molecule has 0 unspecified atom stereocenters. The summed E-state index contributed by atoms with van der Waals surface area (Å²) in [5.41, 5.74) is 0.357.